The van der Waals surface area contributed by atoms with Crippen LogP contribution in [-0.4, -0.2) is 85.9 Å². The number of aromatic hydroxyl groups is 4. The molecule has 1 spiro atoms. The summed E-state index contributed by atoms with van der Waals surface area (Å²) in [6.45, 7) is 2.91. The molecule has 72 heavy (non-hydrogen) atoms. The van der Waals surface area contributed by atoms with Gasteiger partial charge in [-0.05, 0) is 176 Å². The molecule has 0 saturated heterocycles. The van der Waals surface area contributed by atoms with E-state index in [2.05, 4.69) is 40.8 Å². The Labute approximate surface area is 420 Å². The first-order valence-electron chi connectivity index (χ1n) is 25.4. The monoisotopic (exact) mass is 974 g/mol. The molecule has 1 saturated carbocycles. The third-order valence-electron chi connectivity index (χ3n) is 16.3. The number of H-pyrrole nitrogens is 1. The number of phenols is 4. The number of carbonyl (C=O) groups excluding carboxylic acids is 1. The van der Waals surface area contributed by atoms with Gasteiger partial charge in [0.1, 0.15) is 17.4 Å². The third kappa shape index (κ3) is 9.18. The van der Waals surface area contributed by atoms with Gasteiger partial charge >= 0.3 is 0 Å². The number of benzene rings is 4. The van der Waals surface area contributed by atoms with E-state index in [1.54, 1.807) is 42.6 Å². The van der Waals surface area contributed by atoms with E-state index in [1.165, 1.54) is 13.2 Å². The van der Waals surface area contributed by atoms with Crippen LogP contribution in [0.15, 0.2) is 109 Å². The van der Waals surface area contributed by atoms with Gasteiger partial charge in [0.15, 0.2) is 23.0 Å². The van der Waals surface area contributed by atoms with Gasteiger partial charge in [-0.25, -0.2) is 4.98 Å². The number of phenolic OH excluding ortho intramolecular Hbond substituents is 4. The van der Waals surface area contributed by atoms with Gasteiger partial charge in [-0.3, -0.25) is 4.79 Å². The van der Waals surface area contributed by atoms with E-state index in [4.69, 9.17) is 14.5 Å². The van der Waals surface area contributed by atoms with Crippen molar-refractivity contribution in [1.82, 2.24) is 15.3 Å². The predicted octanol–water partition coefficient (Wildman–Crippen LogP) is 9.61. The number of Topliss-reactive ketones (excluding diaryl/α,β-unsaturated/α-hetero) is 1. The van der Waals surface area contributed by atoms with Crippen LogP contribution >= 0.6 is 0 Å². The zero-order valence-electron chi connectivity index (χ0n) is 41.1. The molecule has 9 unspecified atom stereocenters. The summed E-state index contributed by atoms with van der Waals surface area (Å²) in [6.07, 6.45) is 13.8. The maximum absolute atomic E-state index is 16.4. The van der Waals surface area contributed by atoms with Gasteiger partial charge in [-0.1, -0.05) is 43.4 Å². The van der Waals surface area contributed by atoms with Crippen molar-refractivity contribution in [3.05, 3.63) is 143 Å². The van der Waals surface area contributed by atoms with Crippen molar-refractivity contribution in [1.29, 1.82) is 0 Å². The summed E-state index contributed by atoms with van der Waals surface area (Å²) in [7, 11) is 3.38. The van der Waals surface area contributed by atoms with Crippen LogP contribution in [0.4, 0.5) is 11.5 Å². The van der Waals surface area contributed by atoms with Crippen molar-refractivity contribution in [2.75, 3.05) is 32.6 Å². The van der Waals surface area contributed by atoms with E-state index in [-0.39, 0.29) is 59.9 Å². The summed E-state index contributed by atoms with van der Waals surface area (Å²) in [6, 6.07) is 23.7. The van der Waals surface area contributed by atoms with Crippen LogP contribution in [-0.2, 0) is 28.5 Å². The van der Waals surface area contributed by atoms with Gasteiger partial charge in [0.25, 0.3) is 0 Å². The predicted molar refractivity (Wildman–Crippen MR) is 278 cm³/mol. The molecule has 4 aromatic carbocycles. The first-order valence-corrected chi connectivity index (χ1v) is 25.4. The minimum Gasteiger partial charge on any atom is -0.508 e. The molecular weight excluding hydrogens is 909 g/mol. The molecule has 6 aromatic rings. The number of nitrogens with zero attached hydrogens (tertiary/aromatic N) is 1. The summed E-state index contributed by atoms with van der Waals surface area (Å²) in [5.74, 6) is -1.55. The van der Waals surface area contributed by atoms with Gasteiger partial charge in [0.05, 0.1) is 31.8 Å². The number of methoxy groups -OCH3 is 1. The summed E-state index contributed by atoms with van der Waals surface area (Å²) in [5.41, 5.74) is 3.63. The number of nitrogens with one attached hydrogen (secondary N) is 3. The van der Waals surface area contributed by atoms with Crippen LogP contribution in [0, 0.1) is 23.7 Å². The summed E-state index contributed by atoms with van der Waals surface area (Å²) < 4.78 is 11.8. The molecule has 1 fully saturated rings. The first-order chi connectivity index (χ1) is 34.8. The lowest BCUT2D eigenvalue weighted by Gasteiger charge is -2.45. The molecule has 2 bridgehead atoms. The number of ketones is 1. The van der Waals surface area contributed by atoms with Crippen LogP contribution in [0.5, 0.6) is 34.5 Å². The highest BCUT2D eigenvalue weighted by molar-refractivity contribution is 6.01. The normalized spacial score (nSPS) is 26.2. The van der Waals surface area contributed by atoms with Gasteiger partial charge < -0.3 is 55.7 Å². The number of fused-ring (bicyclic) bond motifs is 3. The lowest BCUT2D eigenvalue weighted by molar-refractivity contribution is -0.132. The number of aliphatic hydroxyl groups excluding tert-OH is 2. The van der Waals surface area contributed by atoms with Crippen molar-refractivity contribution in [3.63, 3.8) is 0 Å². The largest absolute Gasteiger partial charge is 0.508 e. The van der Waals surface area contributed by atoms with E-state index in [0.29, 0.717) is 61.7 Å². The zero-order valence-corrected chi connectivity index (χ0v) is 41.1. The number of aliphatic hydroxyl groups is 2. The molecule has 0 radical (unpaired) electrons. The fourth-order valence-corrected chi connectivity index (χ4v) is 13.1. The average molecular weight is 975 g/mol. The zero-order chi connectivity index (χ0) is 50.3. The molecule has 9 N–H and O–H groups in total. The summed E-state index contributed by atoms with van der Waals surface area (Å²) in [5, 5.41) is 78.8. The highest BCUT2D eigenvalue weighted by Gasteiger charge is 2.58. The Morgan fingerprint density at radius 2 is 1.85 bits per heavy atom. The number of hydrogen-bond donors (Lipinski definition) is 9. The molecule has 2 aromatic heterocycles. The Kier molecular flexibility index (Phi) is 13.6. The SMILES string of the molecule is CNCC12C=Cc3cc(O)cc4ccc(c1c34)Nc1cc(ccn1)C1(CCC(O)C1Cc1ccc[nH]1)C(C(O)CCc1ccc(O)c(OC)c1)C(=O)CC(c1cc(O)c(O)c(OCC3C=CCC(C)C3)c1)C2. The van der Waals surface area contributed by atoms with E-state index >= 15 is 4.79 Å². The summed E-state index contributed by atoms with van der Waals surface area (Å²) >= 11 is 0. The minimum atomic E-state index is -1.22. The smallest absolute Gasteiger partial charge is 0.200 e. The maximum Gasteiger partial charge on any atom is 0.200 e. The number of ether oxygens (including phenoxy) is 2. The molecule has 4 aliphatic rings. The molecule has 3 aliphatic carbocycles. The lowest BCUT2D eigenvalue weighted by atomic mass is 9.58. The average Bonchev–Trinajstić information content (AvgIpc) is 4.00. The second kappa shape index (κ2) is 20.0. The van der Waals surface area contributed by atoms with Crippen LogP contribution in [0.25, 0.3) is 16.8 Å². The van der Waals surface area contributed by atoms with E-state index < -0.39 is 40.8 Å². The number of pyridine rings is 1. The Balaban J connectivity index is 1.18. The Morgan fingerprint density at radius 3 is 2.64 bits per heavy atom. The molecular formula is C59H66N4O9. The number of likely N-dealkylation sites (N-methyl/N-ethyl adjacent to an activating group) is 1. The van der Waals surface area contributed by atoms with Crippen LogP contribution in [0.2, 0.25) is 0 Å². The minimum absolute atomic E-state index is 0.00553. The molecule has 1 aliphatic heterocycles. The Morgan fingerprint density at radius 1 is 0.986 bits per heavy atom. The highest BCUT2D eigenvalue weighted by Crippen LogP contribution is 2.57. The fraction of sp³-hybridized carbons (Fsp3) is 0.390. The van der Waals surface area contributed by atoms with E-state index in [0.717, 1.165) is 57.2 Å². The second-order valence-corrected chi connectivity index (χ2v) is 21.0. The molecule has 10 rings (SSSR count). The van der Waals surface area contributed by atoms with Gasteiger partial charge in [0, 0.05) is 59.4 Å². The van der Waals surface area contributed by atoms with Gasteiger partial charge in [-0.2, -0.15) is 0 Å². The highest BCUT2D eigenvalue weighted by atomic mass is 16.5. The lowest BCUT2D eigenvalue weighted by Crippen LogP contribution is -2.51. The molecule has 13 heteroatoms. The number of carbonyl (C=O) groups is 1. The topological polar surface area (TPSA) is 210 Å². The molecule has 3 heterocycles. The molecule has 9 atom stereocenters. The second-order valence-electron chi connectivity index (χ2n) is 21.0. The summed E-state index contributed by atoms with van der Waals surface area (Å²) in [4.78, 5) is 24.7. The first kappa shape index (κ1) is 48.8. The fourth-order valence-electron chi connectivity index (χ4n) is 13.1. The van der Waals surface area contributed by atoms with Crippen LogP contribution in [0.3, 0.4) is 0 Å². The quantitative estimate of drug-likeness (QED) is 0.0392. The van der Waals surface area contributed by atoms with Gasteiger partial charge in [-0.15, -0.1) is 0 Å². The maximum atomic E-state index is 16.4. The molecule has 376 valence electrons. The van der Waals surface area contributed by atoms with Crippen LogP contribution < -0.4 is 20.1 Å². The van der Waals surface area contributed by atoms with Gasteiger partial charge in [0.2, 0.25) is 5.75 Å². The van der Waals surface area contributed by atoms with E-state index in [9.17, 15) is 30.6 Å². The molecule has 13 nitrogen and oxygen atoms in total. The van der Waals surface area contributed by atoms with Crippen molar-refractivity contribution in [3.8, 4) is 34.5 Å². The number of aromatic amines is 1. The number of allylic oxidation sites excluding steroid dienone is 1. The Bertz CT molecular complexity index is 3030. The number of anilines is 2. The number of hydrogen-bond acceptors (Lipinski definition) is 12. The third-order valence-corrected chi connectivity index (χ3v) is 16.3. The Hall–Kier alpha value is -6.80. The van der Waals surface area contributed by atoms with E-state index in [1.807, 2.05) is 55.7 Å². The standard InChI is InChI=1S/C59H66N4O9/c1-34-6-4-7-36(22-34)32-72-52-28-39(26-50(69)57(52)70)40-27-49(68)56(48(67)14-10-35-9-13-47(66)51(23-35)71-3)59(19-16-46(65)44(59)30-42-8-5-20-61-42)41-17-21-62-53(29-41)63-45-12-11-37-24-43(64)25-38-15-18-58(31-40,33-60-2)55(45)54(37)38/h4-5,7-9,11-13,15,17-18,20-21,23-26,28-29,34,36,40,44,46,48,56,60-61,64-67,69-70H,6,10,14,16,19,22,27,30-33H2,1-3H3,(H,62,63). The number of aromatic nitrogens is 2. The molecule has 0 amide bonds. The van der Waals surface area contributed by atoms with Crippen molar-refractivity contribution >= 4 is 34.1 Å². The van der Waals surface area contributed by atoms with Crippen molar-refractivity contribution < 1.29 is 44.9 Å². The van der Waals surface area contributed by atoms with Crippen LogP contribution in [0.1, 0.15) is 91.3 Å². The van der Waals surface area contributed by atoms with Crippen molar-refractivity contribution in [2.24, 2.45) is 23.7 Å². The number of aryl methyl sites for hydroxylation is 1. The number of rotatable bonds is 13. The van der Waals surface area contributed by atoms with Crippen molar-refractivity contribution in [2.45, 2.75) is 93.7 Å².